The van der Waals surface area contributed by atoms with E-state index in [2.05, 4.69) is 12.2 Å². The Hall–Kier alpha value is -1.58. The highest BCUT2D eigenvalue weighted by molar-refractivity contribution is 5.66. The minimum absolute atomic E-state index is 0.215. The Kier molecular flexibility index (Phi) is 14.0. The van der Waals surface area contributed by atoms with Crippen LogP contribution in [0.15, 0.2) is 24.3 Å². The summed E-state index contributed by atoms with van der Waals surface area (Å²) in [5.74, 6) is 0.335. The monoisotopic (exact) mass is 338 g/mol. The first-order chi connectivity index (χ1) is 11.5. The molecule has 0 saturated carbocycles. The van der Waals surface area contributed by atoms with E-state index in [4.69, 9.17) is 9.47 Å². The summed E-state index contributed by atoms with van der Waals surface area (Å²) in [4.78, 5) is 22.0. The molecule has 0 aromatic heterocycles. The van der Waals surface area contributed by atoms with Crippen molar-refractivity contribution in [3.63, 3.8) is 0 Å². The Labute approximate surface area is 147 Å². The molecule has 0 fully saturated rings. The number of allylic oxidation sites excluding steroid dienone is 4. The fourth-order valence-corrected chi connectivity index (χ4v) is 2.53. The van der Waals surface area contributed by atoms with Crippen LogP contribution in [0.2, 0.25) is 0 Å². The van der Waals surface area contributed by atoms with Crippen LogP contribution in [0.4, 0.5) is 0 Å². The summed E-state index contributed by atoms with van der Waals surface area (Å²) < 4.78 is 10.3. The Morgan fingerprint density at radius 2 is 1.17 bits per heavy atom. The lowest BCUT2D eigenvalue weighted by Gasteiger charge is -2.17. The predicted octanol–water partition coefficient (Wildman–Crippen LogP) is 4.84. The maximum Gasteiger partial charge on any atom is 0.302 e. The van der Waals surface area contributed by atoms with Crippen molar-refractivity contribution in [2.75, 3.05) is 13.2 Å². The second kappa shape index (κ2) is 15.0. The van der Waals surface area contributed by atoms with Gasteiger partial charge in [-0.1, -0.05) is 37.1 Å². The van der Waals surface area contributed by atoms with Gasteiger partial charge in [-0.2, -0.15) is 0 Å². The number of ether oxygens (including phenoxy) is 2. The van der Waals surface area contributed by atoms with E-state index in [1.165, 1.54) is 13.8 Å². The topological polar surface area (TPSA) is 52.6 Å². The van der Waals surface area contributed by atoms with E-state index in [9.17, 15) is 9.59 Å². The molecule has 0 aromatic carbocycles. The van der Waals surface area contributed by atoms with Crippen LogP contribution >= 0.6 is 0 Å². The van der Waals surface area contributed by atoms with Gasteiger partial charge in [0.05, 0.1) is 13.2 Å². The zero-order valence-electron chi connectivity index (χ0n) is 15.8. The lowest BCUT2D eigenvalue weighted by atomic mass is 9.94. The third-order valence-corrected chi connectivity index (χ3v) is 3.93. The van der Waals surface area contributed by atoms with Crippen LogP contribution in [0.25, 0.3) is 0 Å². The molecular formula is C20H34O4. The number of hydrogen-bond acceptors (Lipinski definition) is 4. The molecule has 0 N–H and O–H groups in total. The van der Waals surface area contributed by atoms with Crippen LogP contribution < -0.4 is 0 Å². The van der Waals surface area contributed by atoms with Crippen LogP contribution in [-0.4, -0.2) is 25.2 Å². The number of carbonyl (C=O) groups is 2. The molecule has 0 aliphatic carbocycles. The average Bonchev–Trinajstić information content (AvgIpc) is 2.54. The number of unbranched alkanes of at least 4 members (excludes halogenated alkanes) is 1. The predicted molar refractivity (Wildman–Crippen MR) is 97.6 cm³/mol. The minimum Gasteiger partial charge on any atom is -0.466 e. The summed E-state index contributed by atoms with van der Waals surface area (Å²) in [6, 6.07) is 0. The molecule has 0 rings (SSSR count). The lowest BCUT2D eigenvalue weighted by Crippen LogP contribution is -2.13. The van der Waals surface area contributed by atoms with E-state index in [0.717, 1.165) is 38.5 Å². The molecule has 0 aliphatic rings. The maximum absolute atomic E-state index is 11.0. The molecule has 2 unspecified atom stereocenters. The average molecular weight is 338 g/mol. The quantitative estimate of drug-likeness (QED) is 0.274. The molecule has 138 valence electrons. The van der Waals surface area contributed by atoms with E-state index in [1.807, 2.05) is 26.0 Å². The lowest BCUT2D eigenvalue weighted by molar-refractivity contribution is -0.143. The van der Waals surface area contributed by atoms with Crippen molar-refractivity contribution in [1.82, 2.24) is 0 Å². The molecule has 0 aliphatic heterocycles. The summed E-state index contributed by atoms with van der Waals surface area (Å²) in [6.45, 7) is 7.90. The molecule has 0 radical (unpaired) electrons. The van der Waals surface area contributed by atoms with Gasteiger partial charge in [-0.3, -0.25) is 9.59 Å². The van der Waals surface area contributed by atoms with Gasteiger partial charge in [-0.25, -0.2) is 0 Å². The van der Waals surface area contributed by atoms with Crippen molar-refractivity contribution in [2.24, 2.45) is 11.8 Å². The number of esters is 2. The van der Waals surface area contributed by atoms with E-state index in [0.29, 0.717) is 25.0 Å². The molecule has 4 heteroatoms. The van der Waals surface area contributed by atoms with Gasteiger partial charge in [-0.05, 0) is 51.4 Å². The van der Waals surface area contributed by atoms with Crippen molar-refractivity contribution in [3.05, 3.63) is 24.3 Å². The second-order valence-electron chi connectivity index (χ2n) is 6.23. The highest BCUT2D eigenvalue weighted by atomic mass is 16.5. The molecule has 0 amide bonds. The number of rotatable bonds is 13. The summed E-state index contributed by atoms with van der Waals surface area (Å²) in [5.41, 5.74) is 0. The Morgan fingerprint density at radius 1 is 0.792 bits per heavy atom. The Morgan fingerprint density at radius 3 is 1.46 bits per heavy atom. The van der Waals surface area contributed by atoms with Gasteiger partial charge in [-0.15, -0.1) is 0 Å². The smallest absolute Gasteiger partial charge is 0.302 e. The molecule has 0 aromatic rings. The highest BCUT2D eigenvalue weighted by Crippen LogP contribution is 2.19. The van der Waals surface area contributed by atoms with E-state index in [1.54, 1.807) is 0 Å². The van der Waals surface area contributed by atoms with Crippen LogP contribution in [-0.2, 0) is 19.1 Å². The van der Waals surface area contributed by atoms with E-state index in [-0.39, 0.29) is 11.9 Å². The van der Waals surface area contributed by atoms with Crippen molar-refractivity contribution in [1.29, 1.82) is 0 Å². The van der Waals surface area contributed by atoms with Gasteiger partial charge in [0, 0.05) is 13.8 Å². The summed E-state index contributed by atoms with van der Waals surface area (Å²) in [6.07, 6.45) is 14.5. The fraction of sp³-hybridized carbons (Fsp3) is 0.700. The van der Waals surface area contributed by atoms with Crippen molar-refractivity contribution >= 4 is 11.9 Å². The van der Waals surface area contributed by atoms with Crippen molar-refractivity contribution in [2.45, 2.75) is 66.2 Å². The fourth-order valence-electron chi connectivity index (χ4n) is 2.53. The third kappa shape index (κ3) is 14.0. The molecule has 0 bridgehead atoms. The first-order valence-corrected chi connectivity index (χ1v) is 8.98. The van der Waals surface area contributed by atoms with Crippen LogP contribution in [0.3, 0.4) is 0 Å². The minimum atomic E-state index is -0.215. The van der Waals surface area contributed by atoms with Gasteiger partial charge in [0.25, 0.3) is 0 Å². The SMILES string of the molecule is CC=CCC(CCCCC(CC=CC)COC(C)=O)COC(C)=O. The van der Waals surface area contributed by atoms with Gasteiger partial charge in [0.2, 0.25) is 0 Å². The number of hydrogen-bond donors (Lipinski definition) is 0. The standard InChI is InChI=1S/C20H34O4/c1-5-7-11-19(15-23-17(3)21)13-9-10-14-20(12-8-6-2)16-24-18(4)22/h5-8,19-20H,9-16H2,1-4H3. The van der Waals surface area contributed by atoms with Crippen molar-refractivity contribution in [3.8, 4) is 0 Å². The first-order valence-electron chi connectivity index (χ1n) is 8.98. The molecule has 2 atom stereocenters. The van der Waals surface area contributed by atoms with Gasteiger partial charge in [0.1, 0.15) is 0 Å². The van der Waals surface area contributed by atoms with Gasteiger partial charge < -0.3 is 9.47 Å². The normalized spacial score (nSPS) is 14.0. The second-order valence-corrected chi connectivity index (χ2v) is 6.23. The van der Waals surface area contributed by atoms with Gasteiger partial charge in [0.15, 0.2) is 0 Å². The largest absolute Gasteiger partial charge is 0.466 e. The van der Waals surface area contributed by atoms with Crippen LogP contribution in [0.5, 0.6) is 0 Å². The van der Waals surface area contributed by atoms with Crippen LogP contribution in [0.1, 0.15) is 66.2 Å². The third-order valence-electron chi connectivity index (χ3n) is 3.93. The molecule has 4 nitrogen and oxygen atoms in total. The summed E-state index contributed by atoms with van der Waals surface area (Å²) >= 11 is 0. The van der Waals surface area contributed by atoms with Crippen molar-refractivity contribution < 1.29 is 19.1 Å². The first kappa shape index (κ1) is 22.4. The molecule has 0 heterocycles. The highest BCUT2D eigenvalue weighted by Gasteiger charge is 2.12. The maximum atomic E-state index is 11.0. The number of carbonyl (C=O) groups excluding carboxylic acids is 2. The molecule has 24 heavy (non-hydrogen) atoms. The van der Waals surface area contributed by atoms with Crippen LogP contribution in [0, 0.1) is 11.8 Å². The Bertz CT molecular complexity index is 360. The zero-order valence-corrected chi connectivity index (χ0v) is 15.8. The van der Waals surface area contributed by atoms with E-state index >= 15 is 0 Å². The summed E-state index contributed by atoms with van der Waals surface area (Å²) in [7, 11) is 0. The Balaban J connectivity index is 4.18. The molecular weight excluding hydrogens is 304 g/mol. The molecule has 0 saturated heterocycles. The molecule has 0 spiro atoms. The zero-order chi connectivity index (χ0) is 18.2. The van der Waals surface area contributed by atoms with E-state index < -0.39 is 0 Å². The summed E-state index contributed by atoms with van der Waals surface area (Å²) in [5, 5.41) is 0. The van der Waals surface area contributed by atoms with Gasteiger partial charge >= 0.3 is 11.9 Å².